The minimum Gasteiger partial charge on any atom is -0.296 e. The highest BCUT2D eigenvalue weighted by Gasteiger charge is 2.22. The maximum atomic E-state index is 10.9. The Morgan fingerprint density at radius 3 is 2.82 bits per heavy atom. The highest BCUT2D eigenvalue weighted by molar-refractivity contribution is 5.73. The van der Waals surface area contributed by atoms with Gasteiger partial charge in [0.15, 0.2) is 6.29 Å². The molecule has 1 aromatic rings. The molecule has 1 aliphatic carbocycles. The van der Waals surface area contributed by atoms with Crippen LogP contribution in [0, 0.1) is 11.8 Å². The van der Waals surface area contributed by atoms with Crippen molar-refractivity contribution in [3.8, 4) is 0 Å². The first kappa shape index (κ1) is 12.3. The van der Waals surface area contributed by atoms with E-state index in [1.54, 1.807) is 0 Å². The molecular formula is C13H21N3O. The summed E-state index contributed by atoms with van der Waals surface area (Å²) < 4.78 is 1.93. The molecule has 2 rings (SSSR count). The Labute approximate surface area is 102 Å². The average molecular weight is 235 g/mol. The molecule has 0 spiro atoms. The Kier molecular flexibility index (Phi) is 3.92. The first-order chi connectivity index (χ1) is 8.20. The molecule has 1 fully saturated rings. The van der Waals surface area contributed by atoms with Crippen molar-refractivity contribution in [3.05, 3.63) is 11.4 Å². The van der Waals surface area contributed by atoms with Crippen LogP contribution in [0.5, 0.6) is 0 Å². The molecule has 0 unspecified atom stereocenters. The average Bonchev–Trinajstić information content (AvgIpc) is 3.04. The molecular weight excluding hydrogens is 214 g/mol. The number of aldehydes is 1. The second-order valence-corrected chi connectivity index (χ2v) is 5.43. The van der Waals surface area contributed by atoms with Crippen LogP contribution in [0.15, 0.2) is 0 Å². The molecule has 0 atom stereocenters. The van der Waals surface area contributed by atoms with Crippen LogP contribution in [-0.2, 0) is 13.0 Å². The van der Waals surface area contributed by atoms with Gasteiger partial charge in [-0.05, 0) is 31.1 Å². The van der Waals surface area contributed by atoms with Crippen LogP contribution in [0.25, 0.3) is 0 Å². The van der Waals surface area contributed by atoms with E-state index in [1.165, 1.54) is 19.3 Å². The molecule has 0 N–H and O–H groups in total. The molecule has 1 heterocycles. The van der Waals surface area contributed by atoms with Crippen LogP contribution in [0.4, 0.5) is 0 Å². The van der Waals surface area contributed by atoms with Crippen molar-refractivity contribution < 1.29 is 4.79 Å². The lowest BCUT2D eigenvalue weighted by molar-refractivity contribution is 0.111. The van der Waals surface area contributed by atoms with Gasteiger partial charge in [0.2, 0.25) is 0 Å². The summed E-state index contributed by atoms with van der Waals surface area (Å²) in [6, 6.07) is 0. The van der Waals surface area contributed by atoms with Crippen molar-refractivity contribution in [2.45, 2.75) is 52.5 Å². The molecule has 1 saturated carbocycles. The molecule has 0 radical (unpaired) electrons. The van der Waals surface area contributed by atoms with Gasteiger partial charge in [0.25, 0.3) is 0 Å². The van der Waals surface area contributed by atoms with E-state index >= 15 is 0 Å². The fourth-order valence-electron chi connectivity index (χ4n) is 2.01. The maximum absolute atomic E-state index is 10.9. The zero-order valence-electron chi connectivity index (χ0n) is 10.7. The number of carbonyl (C=O) groups is 1. The highest BCUT2D eigenvalue weighted by atomic mass is 16.1. The summed E-state index contributed by atoms with van der Waals surface area (Å²) in [5.41, 5.74) is 1.55. The number of hydrogen-bond acceptors (Lipinski definition) is 3. The Balaban J connectivity index is 2.01. The van der Waals surface area contributed by atoms with Gasteiger partial charge in [0.05, 0.1) is 5.69 Å². The smallest absolute Gasteiger partial charge is 0.172 e. The van der Waals surface area contributed by atoms with Crippen LogP contribution < -0.4 is 0 Å². The van der Waals surface area contributed by atoms with Gasteiger partial charge in [-0.15, -0.1) is 5.10 Å². The van der Waals surface area contributed by atoms with Crippen molar-refractivity contribution in [1.29, 1.82) is 0 Å². The van der Waals surface area contributed by atoms with Gasteiger partial charge in [-0.3, -0.25) is 4.79 Å². The van der Waals surface area contributed by atoms with Crippen molar-refractivity contribution in [1.82, 2.24) is 15.0 Å². The van der Waals surface area contributed by atoms with E-state index in [4.69, 9.17) is 0 Å². The van der Waals surface area contributed by atoms with E-state index in [2.05, 4.69) is 24.2 Å². The van der Waals surface area contributed by atoms with Crippen molar-refractivity contribution in [2.24, 2.45) is 11.8 Å². The molecule has 0 bridgehead atoms. The number of rotatable bonds is 7. The summed E-state index contributed by atoms with van der Waals surface area (Å²) in [7, 11) is 0. The molecule has 1 aliphatic rings. The Morgan fingerprint density at radius 1 is 1.47 bits per heavy atom. The standard InChI is InChI=1S/C13H21N3O/c1-10(2)3-6-13-12(9-17)14-15-16(13)8-7-11-4-5-11/h9-11H,3-8H2,1-2H3. The van der Waals surface area contributed by atoms with E-state index in [-0.39, 0.29) is 0 Å². The van der Waals surface area contributed by atoms with Crippen LogP contribution in [0.3, 0.4) is 0 Å². The third-order valence-corrected chi connectivity index (χ3v) is 3.38. The van der Waals surface area contributed by atoms with Gasteiger partial charge in [0, 0.05) is 6.54 Å². The highest BCUT2D eigenvalue weighted by Crippen LogP contribution is 2.32. The number of aromatic nitrogens is 3. The molecule has 0 amide bonds. The molecule has 0 aromatic carbocycles. The van der Waals surface area contributed by atoms with Crippen molar-refractivity contribution in [2.75, 3.05) is 0 Å². The quantitative estimate of drug-likeness (QED) is 0.682. The van der Waals surface area contributed by atoms with Gasteiger partial charge in [-0.25, -0.2) is 4.68 Å². The third kappa shape index (κ3) is 3.38. The summed E-state index contributed by atoms with van der Waals surface area (Å²) in [6.07, 6.45) is 6.71. The van der Waals surface area contributed by atoms with Gasteiger partial charge in [0.1, 0.15) is 5.69 Å². The summed E-state index contributed by atoms with van der Waals surface area (Å²) in [5, 5.41) is 8.06. The van der Waals surface area contributed by atoms with E-state index in [0.29, 0.717) is 11.6 Å². The van der Waals surface area contributed by atoms with E-state index in [0.717, 1.165) is 37.3 Å². The third-order valence-electron chi connectivity index (χ3n) is 3.38. The molecule has 0 aliphatic heterocycles. The first-order valence-corrected chi connectivity index (χ1v) is 6.58. The number of aryl methyl sites for hydroxylation is 1. The summed E-state index contributed by atoms with van der Waals surface area (Å²) in [5.74, 6) is 1.53. The summed E-state index contributed by atoms with van der Waals surface area (Å²) >= 11 is 0. The predicted octanol–water partition coefficient (Wildman–Crippen LogP) is 2.48. The molecule has 0 saturated heterocycles. The SMILES string of the molecule is CC(C)CCc1c(C=O)nnn1CCC1CC1. The minimum atomic E-state index is 0.529. The molecule has 94 valence electrons. The number of carbonyl (C=O) groups excluding carboxylic acids is 1. The maximum Gasteiger partial charge on any atom is 0.172 e. The molecule has 4 heteroatoms. The fraction of sp³-hybridized carbons (Fsp3) is 0.769. The van der Waals surface area contributed by atoms with Crippen LogP contribution in [0.2, 0.25) is 0 Å². The Morgan fingerprint density at radius 2 is 2.24 bits per heavy atom. The lowest BCUT2D eigenvalue weighted by Gasteiger charge is -2.08. The van der Waals surface area contributed by atoms with Crippen molar-refractivity contribution >= 4 is 6.29 Å². The normalized spacial score (nSPS) is 15.5. The summed E-state index contributed by atoms with van der Waals surface area (Å²) in [6.45, 7) is 5.30. The Hall–Kier alpha value is -1.19. The minimum absolute atomic E-state index is 0.529. The monoisotopic (exact) mass is 235 g/mol. The van der Waals surface area contributed by atoms with E-state index in [9.17, 15) is 4.79 Å². The zero-order valence-corrected chi connectivity index (χ0v) is 10.7. The lowest BCUT2D eigenvalue weighted by Crippen LogP contribution is -2.08. The van der Waals surface area contributed by atoms with Crippen molar-refractivity contribution in [3.63, 3.8) is 0 Å². The number of nitrogens with zero attached hydrogens (tertiary/aromatic N) is 3. The van der Waals surface area contributed by atoms with E-state index < -0.39 is 0 Å². The second-order valence-electron chi connectivity index (χ2n) is 5.43. The Bertz CT molecular complexity index is 380. The van der Waals surface area contributed by atoms with Crippen LogP contribution in [-0.4, -0.2) is 21.3 Å². The molecule has 1 aromatic heterocycles. The van der Waals surface area contributed by atoms with Crippen LogP contribution in [0.1, 0.15) is 55.7 Å². The largest absolute Gasteiger partial charge is 0.296 e. The summed E-state index contributed by atoms with van der Waals surface area (Å²) in [4.78, 5) is 10.9. The topological polar surface area (TPSA) is 47.8 Å². The second kappa shape index (κ2) is 5.43. The van der Waals surface area contributed by atoms with Crippen LogP contribution >= 0.6 is 0 Å². The van der Waals surface area contributed by atoms with Gasteiger partial charge >= 0.3 is 0 Å². The first-order valence-electron chi connectivity index (χ1n) is 6.58. The van der Waals surface area contributed by atoms with Gasteiger partial charge in [-0.1, -0.05) is 31.9 Å². The lowest BCUT2D eigenvalue weighted by atomic mass is 10.1. The van der Waals surface area contributed by atoms with E-state index in [1.807, 2.05) is 4.68 Å². The van der Waals surface area contributed by atoms with Gasteiger partial charge in [-0.2, -0.15) is 0 Å². The zero-order chi connectivity index (χ0) is 12.3. The molecule has 17 heavy (non-hydrogen) atoms. The van der Waals surface area contributed by atoms with Gasteiger partial charge < -0.3 is 0 Å². The predicted molar refractivity (Wildman–Crippen MR) is 65.9 cm³/mol. The number of hydrogen-bond donors (Lipinski definition) is 0. The fourth-order valence-corrected chi connectivity index (χ4v) is 2.01. The molecule has 4 nitrogen and oxygen atoms in total.